The van der Waals surface area contributed by atoms with E-state index >= 15 is 0 Å². The zero-order valence-corrected chi connectivity index (χ0v) is 28.5. The second kappa shape index (κ2) is 10.9. The van der Waals surface area contributed by atoms with Crippen molar-refractivity contribution in [1.29, 1.82) is 0 Å². The van der Waals surface area contributed by atoms with Gasteiger partial charge in [0.15, 0.2) is 0 Å². The Morgan fingerprint density at radius 1 is 0.306 bits per heavy atom. The maximum absolute atomic E-state index is 2.44. The number of hydrogen-bond acceptors (Lipinski definition) is 1. The van der Waals surface area contributed by atoms with Crippen molar-refractivity contribution in [2.75, 3.05) is 4.90 Å². The third-order valence-electron chi connectivity index (χ3n) is 11.0. The molecule has 7 aromatic rings. The number of nitrogens with zero attached hydrogens (tertiary/aromatic N) is 1. The van der Waals surface area contributed by atoms with E-state index < -0.39 is 0 Å². The summed E-state index contributed by atoms with van der Waals surface area (Å²) < 4.78 is 0. The molecule has 0 aliphatic heterocycles. The highest BCUT2D eigenvalue weighted by Crippen LogP contribution is 2.52. The third-order valence-corrected chi connectivity index (χ3v) is 11.0. The smallest absolute Gasteiger partial charge is 0.0473 e. The van der Waals surface area contributed by atoms with Gasteiger partial charge in [-0.1, -0.05) is 137 Å². The van der Waals surface area contributed by atoms with E-state index in [4.69, 9.17) is 0 Å². The first-order chi connectivity index (χ1) is 23.8. The van der Waals surface area contributed by atoms with E-state index in [0.29, 0.717) is 0 Å². The van der Waals surface area contributed by atoms with Gasteiger partial charge in [0.25, 0.3) is 0 Å². The van der Waals surface area contributed by atoms with Crippen LogP contribution in [0.4, 0.5) is 17.1 Å². The lowest BCUT2D eigenvalue weighted by Gasteiger charge is -2.27. The summed E-state index contributed by atoms with van der Waals surface area (Å²) >= 11 is 0. The summed E-state index contributed by atoms with van der Waals surface area (Å²) in [6, 6.07) is 60.6. The Kier molecular flexibility index (Phi) is 6.58. The minimum absolute atomic E-state index is 0.0664. The minimum Gasteiger partial charge on any atom is -0.310 e. The van der Waals surface area contributed by atoms with Crippen LogP contribution in [0.25, 0.3) is 44.5 Å². The van der Waals surface area contributed by atoms with Gasteiger partial charge in [0.05, 0.1) is 0 Å². The number of anilines is 3. The third kappa shape index (κ3) is 4.60. The highest BCUT2D eigenvalue weighted by atomic mass is 15.1. The van der Waals surface area contributed by atoms with Gasteiger partial charge in [-0.05, 0) is 121 Å². The van der Waals surface area contributed by atoms with Gasteiger partial charge in [0.1, 0.15) is 0 Å². The Hall–Kier alpha value is -5.66. The second-order valence-corrected chi connectivity index (χ2v) is 14.6. The van der Waals surface area contributed by atoms with Crippen LogP contribution in [0.3, 0.4) is 0 Å². The maximum atomic E-state index is 2.44. The Morgan fingerprint density at radius 3 is 1.14 bits per heavy atom. The van der Waals surface area contributed by atoms with Crippen LogP contribution in [0.1, 0.15) is 49.9 Å². The standard InChI is InChI=1S/C48H39N/c1-47(2)43-21-13-11-19-39(43)41-25-23-32(30-45(41)47)34-27-35(33-24-26-42-40-20-12-14-22-44(40)48(3,4)46(42)31-33)29-38(28-34)49(36-15-7-5-8-16-36)37-17-9-6-10-18-37/h5-31H,1-4H3. The van der Waals surface area contributed by atoms with E-state index in [1.165, 1.54) is 66.8 Å². The predicted molar refractivity (Wildman–Crippen MR) is 207 cm³/mol. The van der Waals surface area contributed by atoms with Crippen LogP contribution in [0.15, 0.2) is 164 Å². The predicted octanol–water partition coefficient (Wildman–Crippen LogP) is 13.1. The van der Waals surface area contributed by atoms with E-state index in [1.54, 1.807) is 0 Å². The van der Waals surface area contributed by atoms with E-state index in [-0.39, 0.29) is 10.8 Å². The largest absolute Gasteiger partial charge is 0.310 e. The SMILES string of the molecule is CC1(C)c2ccccc2-c2ccc(-c3cc(-c4ccc5c(c4)C(C)(C)c4ccccc4-5)cc(N(c4ccccc4)c4ccccc4)c3)cc21. The molecule has 0 amide bonds. The minimum atomic E-state index is -0.0664. The second-order valence-electron chi connectivity index (χ2n) is 14.6. The van der Waals surface area contributed by atoms with Crippen LogP contribution in [-0.2, 0) is 10.8 Å². The van der Waals surface area contributed by atoms with Gasteiger partial charge in [-0.2, -0.15) is 0 Å². The van der Waals surface area contributed by atoms with Gasteiger partial charge in [0.2, 0.25) is 0 Å². The summed E-state index contributed by atoms with van der Waals surface area (Å²) in [7, 11) is 0. The molecule has 1 heteroatoms. The van der Waals surface area contributed by atoms with Crippen LogP contribution in [-0.4, -0.2) is 0 Å². The van der Waals surface area contributed by atoms with Crippen molar-refractivity contribution in [2.45, 2.75) is 38.5 Å². The van der Waals surface area contributed by atoms with Crippen LogP contribution in [0.2, 0.25) is 0 Å². The quantitative estimate of drug-likeness (QED) is 0.183. The summed E-state index contributed by atoms with van der Waals surface area (Å²) in [6.07, 6.45) is 0. The fraction of sp³-hybridized carbons (Fsp3) is 0.125. The fourth-order valence-corrected chi connectivity index (χ4v) is 8.44. The van der Waals surface area contributed by atoms with E-state index in [9.17, 15) is 0 Å². The lowest BCUT2D eigenvalue weighted by molar-refractivity contribution is 0.660. The average Bonchev–Trinajstić information content (AvgIpc) is 3.51. The first-order valence-electron chi connectivity index (χ1n) is 17.4. The first-order valence-corrected chi connectivity index (χ1v) is 17.4. The van der Waals surface area contributed by atoms with Crippen molar-refractivity contribution in [2.24, 2.45) is 0 Å². The highest BCUT2D eigenvalue weighted by molar-refractivity contribution is 5.89. The van der Waals surface area contributed by atoms with Crippen molar-refractivity contribution in [3.05, 3.63) is 186 Å². The zero-order chi connectivity index (χ0) is 33.3. The number of benzene rings is 7. The first kappa shape index (κ1) is 29.5. The Balaban J connectivity index is 1.26. The molecule has 0 saturated heterocycles. The van der Waals surface area contributed by atoms with E-state index in [2.05, 4.69) is 196 Å². The molecule has 49 heavy (non-hydrogen) atoms. The van der Waals surface area contributed by atoms with Crippen molar-refractivity contribution in [1.82, 2.24) is 0 Å². The molecule has 2 aliphatic carbocycles. The van der Waals surface area contributed by atoms with Crippen molar-refractivity contribution >= 4 is 17.1 Å². The van der Waals surface area contributed by atoms with Gasteiger partial charge < -0.3 is 4.90 Å². The molecule has 1 nitrogen and oxygen atoms in total. The molecule has 0 radical (unpaired) electrons. The van der Waals surface area contributed by atoms with Gasteiger partial charge in [-0.3, -0.25) is 0 Å². The summed E-state index contributed by atoms with van der Waals surface area (Å²) in [5.74, 6) is 0. The number of hydrogen-bond donors (Lipinski definition) is 0. The van der Waals surface area contributed by atoms with Gasteiger partial charge in [-0.25, -0.2) is 0 Å². The zero-order valence-electron chi connectivity index (χ0n) is 28.5. The van der Waals surface area contributed by atoms with Crippen LogP contribution < -0.4 is 4.90 Å². The molecule has 236 valence electrons. The van der Waals surface area contributed by atoms with Crippen molar-refractivity contribution in [3.8, 4) is 44.5 Å². The van der Waals surface area contributed by atoms with Gasteiger partial charge >= 0.3 is 0 Å². The molecule has 0 unspecified atom stereocenters. The molecule has 0 atom stereocenters. The summed E-state index contributed by atoms with van der Waals surface area (Å²) in [4.78, 5) is 2.38. The van der Waals surface area contributed by atoms with Crippen molar-refractivity contribution in [3.63, 3.8) is 0 Å². The molecular weight excluding hydrogens is 591 g/mol. The van der Waals surface area contributed by atoms with E-state index in [0.717, 1.165) is 17.1 Å². The molecule has 0 heterocycles. The van der Waals surface area contributed by atoms with Gasteiger partial charge in [-0.15, -0.1) is 0 Å². The maximum Gasteiger partial charge on any atom is 0.0473 e. The lowest BCUT2D eigenvalue weighted by Crippen LogP contribution is -2.15. The molecule has 0 fully saturated rings. The van der Waals surface area contributed by atoms with Gasteiger partial charge in [0, 0.05) is 27.9 Å². The van der Waals surface area contributed by atoms with Crippen LogP contribution in [0, 0.1) is 0 Å². The van der Waals surface area contributed by atoms with E-state index in [1.807, 2.05) is 0 Å². The lowest BCUT2D eigenvalue weighted by atomic mass is 9.81. The number of fused-ring (bicyclic) bond motifs is 6. The molecule has 0 saturated carbocycles. The highest BCUT2D eigenvalue weighted by Gasteiger charge is 2.36. The summed E-state index contributed by atoms with van der Waals surface area (Å²) in [6.45, 7) is 9.45. The van der Waals surface area contributed by atoms with Crippen molar-refractivity contribution < 1.29 is 0 Å². The molecule has 7 aromatic carbocycles. The Bertz CT molecular complexity index is 2210. The monoisotopic (exact) mass is 629 g/mol. The normalized spacial score (nSPS) is 14.4. The van der Waals surface area contributed by atoms with Crippen LogP contribution in [0.5, 0.6) is 0 Å². The number of para-hydroxylation sites is 2. The average molecular weight is 630 g/mol. The molecule has 0 bridgehead atoms. The molecular formula is C48H39N. The molecule has 0 N–H and O–H groups in total. The summed E-state index contributed by atoms with van der Waals surface area (Å²) in [5.41, 5.74) is 19.1. The molecule has 0 aromatic heterocycles. The molecule has 0 spiro atoms. The fourth-order valence-electron chi connectivity index (χ4n) is 8.44. The molecule has 2 aliphatic rings. The Morgan fingerprint density at radius 2 is 0.694 bits per heavy atom. The summed E-state index contributed by atoms with van der Waals surface area (Å²) in [5, 5.41) is 0. The topological polar surface area (TPSA) is 3.24 Å². The Labute approximate surface area is 290 Å². The molecule has 9 rings (SSSR count). The van der Waals surface area contributed by atoms with Crippen LogP contribution >= 0.6 is 0 Å². The number of rotatable bonds is 5.